The first-order valence-corrected chi connectivity index (χ1v) is 15.4. The molecule has 0 N–H and O–H groups in total. The van der Waals surface area contributed by atoms with Crippen LogP contribution in [0.15, 0.2) is 114 Å². The van der Waals surface area contributed by atoms with Crippen LogP contribution in [-0.2, 0) is 0 Å². The fourth-order valence-electron chi connectivity index (χ4n) is 7.55. The quantitative estimate of drug-likeness (QED) is 0.203. The van der Waals surface area contributed by atoms with E-state index in [-0.39, 0.29) is 6.71 Å². The van der Waals surface area contributed by atoms with Gasteiger partial charge in [0.25, 0.3) is 0 Å². The van der Waals surface area contributed by atoms with Crippen LogP contribution in [0.25, 0.3) is 28.2 Å². The third-order valence-corrected chi connectivity index (χ3v) is 9.41. The Balaban J connectivity index is 1.48. The molecule has 0 radical (unpaired) electrons. The van der Waals surface area contributed by atoms with Crippen LogP contribution < -0.4 is 21.3 Å². The normalized spacial score (nSPS) is 15.4. The predicted molar refractivity (Wildman–Crippen MR) is 184 cm³/mol. The Morgan fingerprint density at radius 2 is 1.42 bits per heavy atom. The number of hydrogen-bond donors (Lipinski definition) is 0. The van der Waals surface area contributed by atoms with Crippen molar-refractivity contribution in [2.24, 2.45) is 0 Å². The van der Waals surface area contributed by atoms with Gasteiger partial charge in [-0.2, -0.15) is 0 Å². The Labute approximate surface area is 254 Å². The minimum atomic E-state index is 0.0786. The van der Waals surface area contributed by atoms with Gasteiger partial charge in [0, 0.05) is 33.9 Å². The van der Waals surface area contributed by atoms with Crippen molar-refractivity contribution in [2.45, 2.75) is 40.0 Å². The van der Waals surface area contributed by atoms with Crippen molar-refractivity contribution >= 4 is 57.2 Å². The van der Waals surface area contributed by atoms with Crippen LogP contribution in [0.3, 0.4) is 0 Å². The number of para-hydroxylation sites is 1. The Bertz CT molecular complexity index is 2030. The highest BCUT2D eigenvalue weighted by molar-refractivity contribution is 6.98. The Morgan fingerprint density at radius 3 is 2.16 bits per heavy atom. The maximum atomic E-state index is 6.67. The van der Waals surface area contributed by atoms with Crippen molar-refractivity contribution in [3.05, 3.63) is 137 Å². The molecule has 0 bridgehead atoms. The highest BCUT2D eigenvalue weighted by atomic mass is 16.3. The standard InChI is InChI=1S/C40H34BNO/c1-25-20-27(3)39(28(4)21-25)41-34-19-18-30(29-13-7-5-8-14-29)22-36(34)42(31-15-9-6-10-16-31)37-23-33-32-17-11-12-26(2)40(32)43-38(33)24-35(37)41/h5-11,13-24,26H,12H2,1-4H3. The summed E-state index contributed by atoms with van der Waals surface area (Å²) in [4.78, 5) is 2.47. The summed E-state index contributed by atoms with van der Waals surface area (Å²) in [7, 11) is 0. The zero-order valence-electron chi connectivity index (χ0n) is 25.2. The molecule has 3 heteroatoms. The summed E-state index contributed by atoms with van der Waals surface area (Å²) in [5, 5.41) is 1.19. The average Bonchev–Trinajstić information content (AvgIpc) is 3.39. The second-order valence-electron chi connectivity index (χ2n) is 12.4. The molecular formula is C40H34BNO. The summed E-state index contributed by atoms with van der Waals surface area (Å²) in [6.07, 6.45) is 5.57. The third-order valence-electron chi connectivity index (χ3n) is 9.41. The predicted octanol–water partition coefficient (Wildman–Crippen LogP) is 8.84. The number of aryl methyl sites for hydroxylation is 3. The molecule has 1 aliphatic heterocycles. The van der Waals surface area contributed by atoms with Gasteiger partial charge in [0.1, 0.15) is 11.3 Å². The van der Waals surface area contributed by atoms with Gasteiger partial charge in [-0.15, -0.1) is 0 Å². The largest absolute Gasteiger partial charge is 0.460 e. The smallest absolute Gasteiger partial charge is 0.247 e. The van der Waals surface area contributed by atoms with Gasteiger partial charge in [0.05, 0.1) is 0 Å². The van der Waals surface area contributed by atoms with E-state index in [1.165, 1.54) is 66.5 Å². The van der Waals surface area contributed by atoms with Crippen molar-refractivity contribution in [1.82, 2.24) is 0 Å². The lowest BCUT2D eigenvalue weighted by atomic mass is 9.33. The number of nitrogens with zero attached hydrogens (tertiary/aromatic N) is 1. The molecule has 0 fully saturated rings. The van der Waals surface area contributed by atoms with Gasteiger partial charge in [0.2, 0.25) is 6.71 Å². The molecule has 43 heavy (non-hydrogen) atoms. The summed E-state index contributed by atoms with van der Waals surface area (Å²) >= 11 is 0. The summed E-state index contributed by atoms with van der Waals surface area (Å²) < 4.78 is 6.67. The molecule has 0 saturated heterocycles. The summed E-state index contributed by atoms with van der Waals surface area (Å²) in [5.41, 5.74) is 16.2. The van der Waals surface area contributed by atoms with E-state index in [1.54, 1.807) is 0 Å². The van der Waals surface area contributed by atoms with E-state index in [2.05, 4.69) is 148 Å². The minimum Gasteiger partial charge on any atom is -0.460 e. The van der Waals surface area contributed by atoms with E-state index in [0.29, 0.717) is 5.92 Å². The average molecular weight is 556 g/mol. The van der Waals surface area contributed by atoms with Gasteiger partial charge in [-0.1, -0.05) is 114 Å². The van der Waals surface area contributed by atoms with Crippen LogP contribution in [0.1, 0.15) is 47.3 Å². The monoisotopic (exact) mass is 555 g/mol. The Kier molecular flexibility index (Phi) is 5.98. The second kappa shape index (κ2) is 9.92. The van der Waals surface area contributed by atoms with E-state index in [1.807, 2.05) is 0 Å². The lowest BCUT2D eigenvalue weighted by molar-refractivity contribution is 0.504. The van der Waals surface area contributed by atoms with Gasteiger partial charge in [0.15, 0.2) is 0 Å². The zero-order valence-corrected chi connectivity index (χ0v) is 25.2. The van der Waals surface area contributed by atoms with Crippen LogP contribution in [-0.4, -0.2) is 6.71 Å². The second-order valence-corrected chi connectivity index (χ2v) is 12.4. The maximum absolute atomic E-state index is 6.67. The molecule has 0 amide bonds. The highest BCUT2D eigenvalue weighted by Crippen LogP contribution is 2.43. The van der Waals surface area contributed by atoms with Gasteiger partial charge >= 0.3 is 0 Å². The van der Waals surface area contributed by atoms with Crippen LogP contribution in [0.2, 0.25) is 0 Å². The van der Waals surface area contributed by atoms with E-state index in [0.717, 1.165) is 23.5 Å². The molecule has 208 valence electrons. The van der Waals surface area contributed by atoms with E-state index in [9.17, 15) is 0 Å². The molecular weight excluding hydrogens is 521 g/mol. The molecule has 5 aromatic carbocycles. The molecule has 6 aromatic rings. The SMILES string of the molecule is Cc1cc(C)c(B2c3ccc(-c4ccccc4)cc3N(c3ccccc3)c3cc4c5c(oc4cc32)C(C)CC=C5)c(C)c1. The van der Waals surface area contributed by atoms with Gasteiger partial charge in [-0.25, -0.2) is 0 Å². The molecule has 0 saturated carbocycles. The lowest BCUT2D eigenvalue weighted by Gasteiger charge is -2.38. The van der Waals surface area contributed by atoms with E-state index >= 15 is 0 Å². The molecule has 2 aliphatic rings. The van der Waals surface area contributed by atoms with Gasteiger partial charge in [-0.3, -0.25) is 0 Å². The molecule has 2 nitrogen and oxygen atoms in total. The molecule has 1 unspecified atom stereocenters. The molecule has 1 atom stereocenters. The Hall–Kier alpha value is -4.76. The minimum absolute atomic E-state index is 0.0786. The first-order valence-electron chi connectivity index (χ1n) is 15.4. The van der Waals surface area contributed by atoms with Crippen molar-refractivity contribution < 1.29 is 4.42 Å². The number of rotatable bonds is 3. The molecule has 1 aliphatic carbocycles. The molecule has 8 rings (SSSR count). The van der Waals surface area contributed by atoms with E-state index < -0.39 is 0 Å². The maximum Gasteiger partial charge on any atom is 0.247 e. The van der Waals surface area contributed by atoms with Gasteiger partial charge in [-0.05, 0) is 79.6 Å². The molecule has 2 heterocycles. The number of allylic oxidation sites excluding steroid dienone is 1. The molecule has 1 aromatic heterocycles. The van der Waals surface area contributed by atoms with Crippen LogP contribution in [0.4, 0.5) is 17.1 Å². The number of fused-ring (bicyclic) bond motifs is 5. The fraction of sp³-hybridized carbons (Fsp3) is 0.150. The number of furan rings is 1. The fourth-order valence-corrected chi connectivity index (χ4v) is 7.55. The van der Waals surface area contributed by atoms with Crippen molar-refractivity contribution in [2.75, 3.05) is 4.90 Å². The first-order chi connectivity index (χ1) is 21.0. The number of benzene rings is 5. The third kappa shape index (κ3) is 4.10. The van der Waals surface area contributed by atoms with Crippen LogP contribution in [0.5, 0.6) is 0 Å². The van der Waals surface area contributed by atoms with Crippen molar-refractivity contribution in [1.29, 1.82) is 0 Å². The topological polar surface area (TPSA) is 16.4 Å². The van der Waals surface area contributed by atoms with Gasteiger partial charge < -0.3 is 9.32 Å². The first kappa shape index (κ1) is 25.9. The zero-order chi connectivity index (χ0) is 29.2. The number of hydrogen-bond acceptors (Lipinski definition) is 2. The molecule has 0 spiro atoms. The van der Waals surface area contributed by atoms with Crippen LogP contribution >= 0.6 is 0 Å². The highest BCUT2D eigenvalue weighted by Gasteiger charge is 2.38. The number of anilines is 3. The lowest BCUT2D eigenvalue weighted by Crippen LogP contribution is -2.58. The summed E-state index contributed by atoms with van der Waals surface area (Å²) in [6, 6.07) is 38.0. The van der Waals surface area contributed by atoms with Crippen molar-refractivity contribution in [3.63, 3.8) is 0 Å². The van der Waals surface area contributed by atoms with E-state index in [4.69, 9.17) is 4.42 Å². The summed E-state index contributed by atoms with van der Waals surface area (Å²) in [6.45, 7) is 9.08. The Morgan fingerprint density at radius 1 is 0.721 bits per heavy atom. The van der Waals surface area contributed by atoms with Crippen LogP contribution in [0, 0.1) is 20.8 Å². The van der Waals surface area contributed by atoms with Crippen molar-refractivity contribution in [3.8, 4) is 11.1 Å². The summed E-state index contributed by atoms with van der Waals surface area (Å²) in [5.74, 6) is 1.48.